The third kappa shape index (κ3) is 4.29. The fraction of sp³-hybridized carbons (Fsp3) is 0.444. The van der Waals surface area contributed by atoms with Crippen LogP contribution in [0.4, 0.5) is 0 Å². The maximum atomic E-state index is 12.3. The molecule has 2 amide bonds. The minimum Gasteiger partial charge on any atom is -0.508 e. The highest BCUT2D eigenvalue weighted by atomic mass is 35.5. The standard InChI is InChI=1S/C18H23ClN2O3/c1-3-13-11-14(16(22)12-15(13)19)5-6-18(24)21-9-7-20(8-10-21)17(23)4-2/h4,11-12,22H,2-3,5-10H2,1H3. The Morgan fingerprint density at radius 2 is 1.83 bits per heavy atom. The van der Waals surface area contributed by atoms with E-state index >= 15 is 0 Å². The zero-order valence-corrected chi connectivity index (χ0v) is 14.7. The van der Waals surface area contributed by atoms with Crippen LogP contribution in [-0.2, 0) is 22.4 Å². The number of rotatable bonds is 5. The third-order valence-corrected chi connectivity index (χ3v) is 4.71. The molecule has 5 nitrogen and oxygen atoms in total. The van der Waals surface area contributed by atoms with Crippen LogP contribution in [0.15, 0.2) is 24.8 Å². The van der Waals surface area contributed by atoms with E-state index in [4.69, 9.17) is 11.6 Å². The molecule has 0 aliphatic carbocycles. The predicted molar refractivity (Wildman–Crippen MR) is 94.2 cm³/mol. The predicted octanol–water partition coefficient (Wildman–Crippen LogP) is 2.40. The first kappa shape index (κ1) is 18.3. The average Bonchev–Trinajstić information content (AvgIpc) is 2.60. The Morgan fingerprint density at radius 3 is 2.42 bits per heavy atom. The summed E-state index contributed by atoms with van der Waals surface area (Å²) >= 11 is 6.06. The van der Waals surface area contributed by atoms with E-state index in [0.717, 1.165) is 17.5 Å². The minimum atomic E-state index is -0.0970. The highest BCUT2D eigenvalue weighted by Crippen LogP contribution is 2.27. The number of halogens is 1. The van der Waals surface area contributed by atoms with Crippen molar-refractivity contribution < 1.29 is 14.7 Å². The van der Waals surface area contributed by atoms with Crippen LogP contribution in [0, 0.1) is 0 Å². The van der Waals surface area contributed by atoms with E-state index in [1.165, 1.54) is 6.08 Å². The van der Waals surface area contributed by atoms with E-state index in [0.29, 0.717) is 44.0 Å². The van der Waals surface area contributed by atoms with Crippen molar-refractivity contribution in [1.29, 1.82) is 0 Å². The minimum absolute atomic E-state index is 0.0353. The second kappa shape index (κ2) is 8.20. The van der Waals surface area contributed by atoms with Gasteiger partial charge in [0.2, 0.25) is 11.8 Å². The number of aryl methyl sites for hydroxylation is 2. The van der Waals surface area contributed by atoms with Gasteiger partial charge in [0.05, 0.1) is 0 Å². The van der Waals surface area contributed by atoms with Crippen LogP contribution in [0.1, 0.15) is 24.5 Å². The molecule has 0 radical (unpaired) electrons. The summed E-state index contributed by atoms with van der Waals surface area (Å²) in [6, 6.07) is 3.41. The molecule has 0 spiro atoms. The molecule has 0 aromatic heterocycles. The second-order valence-electron chi connectivity index (χ2n) is 5.84. The molecule has 6 heteroatoms. The quantitative estimate of drug-likeness (QED) is 0.829. The number of nitrogens with zero attached hydrogens (tertiary/aromatic N) is 2. The van der Waals surface area contributed by atoms with Gasteiger partial charge in [0.1, 0.15) is 5.75 Å². The van der Waals surface area contributed by atoms with Gasteiger partial charge in [-0.25, -0.2) is 0 Å². The molecule has 1 saturated heterocycles. The van der Waals surface area contributed by atoms with E-state index in [1.54, 1.807) is 15.9 Å². The van der Waals surface area contributed by atoms with Gasteiger partial charge in [-0.1, -0.05) is 31.2 Å². The van der Waals surface area contributed by atoms with Crippen LogP contribution in [0.5, 0.6) is 5.75 Å². The largest absolute Gasteiger partial charge is 0.508 e. The summed E-state index contributed by atoms with van der Waals surface area (Å²) in [6.07, 6.45) is 2.87. The first-order chi connectivity index (χ1) is 11.5. The molecule has 1 aromatic rings. The lowest BCUT2D eigenvalue weighted by Crippen LogP contribution is -2.50. The molecule has 0 atom stereocenters. The summed E-state index contributed by atoms with van der Waals surface area (Å²) in [7, 11) is 0. The molecule has 2 rings (SSSR count). The molecule has 1 N–H and O–H groups in total. The molecule has 1 fully saturated rings. The van der Waals surface area contributed by atoms with E-state index in [1.807, 2.05) is 13.0 Å². The molecular weight excluding hydrogens is 328 g/mol. The zero-order chi connectivity index (χ0) is 17.7. The number of hydrogen-bond donors (Lipinski definition) is 1. The number of phenols is 1. The van der Waals surface area contributed by atoms with Crippen LogP contribution >= 0.6 is 11.6 Å². The topological polar surface area (TPSA) is 60.9 Å². The summed E-state index contributed by atoms with van der Waals surface area (Å²) in [5.41, 5.74) is 1.71. The molecule has 1 heterocycles. The van der Waals surface area contributed by atoms with Gasteiger partial charge in [0.25, 0.3) is 0 Å². The SMILES string of the molecule is C=CC(=O)N1CCN(C(=O)CCc2cc(CC)c(Cl)cc2O)CC1. The van der Waals surface area contributed by atoms with Crippen molar-refractivity contribution in [3.8, 4) is 5.75 Å². The maximum Gasteiger partial charge on any atom is 0.246 e. The molecular formula is C18H23ClN2O3. The summed E-state index contributed by atoms with van der Waals surface area (Å²) in [6.45, 7) is 7.60. The lowest BCUT2D eigenvalue weighted by Gasteiger charge is -2.34. The van der Waals surface area contributed by atoms with Crippen molar-refractivity contribution in [3.05, 3.63) is 40.9 Å². The number of phenolic OH excluding ortho intramolecular Hbond substituents is 1. The Kier molecular flexibility index (Phi) is 6.26. The third-order valence-electron chi connectivity index (χ3n) is 4.36. The smallest absolute Gasteiger partial charge is 0.246 e. The van der Waals surface area contributed by atoms with Gasteiger partial charge in [-0.05, 0) is 36.1 Å². The van der Waals surface area contributed by atoms with E-state index in [2.05, 4.69) is 6.58 Å². The van der Waals surface area contributed by atoms with Gasteiger partial charge >= 0.3 is 0 Å². The highest BCUT2D eigenvalue weighted by Gasteiger charge is 2.22. The summed E-state index contributed by atoms with van der Waals surface area (Å²) in [5, 5.41) is 10.5. The highest BCUT2D eigenvalue weighted by molar-refractivity contribution is 6.31. The molecule has 1 aliphatic rings. The van der Waals surface area contributed by atoms with Crippen LogP contribution in [-0.4, -0.2) is 52.9 Å². The summed E-state index contributed by atoms with van der Waals surface area (Å²) < 4.78 is 0. The molecule has 0 unspecified atom stereocenters. The zero-order valence-electron chi connectivity index (χ0n) is 13.9. The van der Waals surface area contributed by atoms with E-state index < -0.39 is 0 Å². The Hall–Kier alpha value is -2.01. The molecule has 130 valence electrons. The van der Waals surface area contributed by atoms with Crippen molar-refractivity contribution in [2.24, 2.45) is 0 Å². The van der Waals surface area contributed by atoms with E-state index in [9.17, 15) is 14.7 Å². The maximum absolute atomic E-state index is 12.3. The Balaban J connectivity index is 1.90. The molecule has 24 heavy (non-hydrogen) atoms. The second-order valence-corrected chi connectivity index (χ2v) is 6.24. The van der Waals surface area contributed by atoms with Crippen molar-refractivity contribution in [2.75, 3.05) is 26.2 Å². The van der Waals surface area contributed by atoms with Crippen LogP contribution in [0.2, 0.25) is 5.02 Å². The molecule has 0 saturated carbocycles. The van der Waals surface area contributed by atoms with Crippen molar-refractivity contribution in [1.82, 2.24) is 9.80 Å². The normalized spacial score (nSPS) is 14.6. The number of hydrogen-bond acceptors (Lipinski definition) is 3. The lowest BCUT2D eigenvalue weighted by molar-refractivity contribution is -0.137. The summed E-state index contributed by atoms with van der Waals surface area (Å²) in [4.78, 5) is 27.3. The Morgan fingerprint density at radius 1 is 1.21 bits per heavy atom. The fourth-order valence-corrected chi connectivity index (χ4v) is 3.13. The number of carbonyl (C=O) groups is 2. The number of aromatic hydroxyl groups is 1. The molecule has 1 aromatic carbocycles. The van der Waals surface area contributed by atoms with E-state index in [-0.39, 0.29) is 17.6 Å². The number of carbonyl (C=O) groups excluding carboxylic acids is 2. The first-order valence-corrected chi connectivity index (χ1v) is 8.53. The Bertz CT molecular complexity index is 637. The number of benzene rings is 1. The van der Waals surface area contributed by atoms with Crippen molar-refractivity contribution >= 4 is 23.4 Å². The first-order valence-electron chi connectivity index (χ1n) is 8.15. The average molecular weight is 351 g/mol. The van der Waals surface area contributed by atoms with Crippen molar-refractivity contribution in [2.45, 2.75) is 26.2 Å². The van der Waals surface area contributed by atoms with Gasteiger partial charge in [-0.15, -0.1) is 0 Å². The number of piperazine rings is 1. The van der Waals surface area contributed by atoms with Gasteiger partial charge < -0.3 is 14.9 Å². The summed E-state index contributed by atoms with van der Waals surface area (Å²) in [5.74, 6) is 0.0692. The molecule has 0 bridgehead atoms. The van der Waals surface area contributed by atoms with Crippen LogP contribution < -0.4 is 0 Å². The number of amides is 2. The Labute approximate surface area is 147 Å². The van der Waals surface area contributed by atoms with Crippen LogP contribution in [0.25, 0.3) is 0 Å². The van der Waals surface area contributed by atoms with Gasteiger partial charge in [-0.2, -0.15) is 0 Å². The van der Waals surface area contributed by atoms with Crippen LogP contribution in [0.3, 0.4) is 0 Å². The van der Waals surface area contributed by atoms with Gasteiger partial charge in [0.15, 0.2) is 0 Å². The van der Waals surface area contributed by atoms with Gasteiger partial charge in [-0.3, -0.25) is 9.59 Å². The fourth-order valence-electron chi connectivity index (χ4n) is 2.83. The van der Waals surface area contributed by atoms with Crippen molar-refractivity contribution in [3.63, 3.8) is 0 Å². The lowest BCUT2D eigenvalue weighted by atomic mass is 10.0. The van der Waals surface area contributed by atoms with Gasteiger partial charge in [0, 0.05) is 37.6 Å². The molecule has 1 aliphatic heterocycles. The monoisotopic (exact) mass is 350 g/mol.